The van der Waals surface area contributed by atoms with E-state index < -0.39 is 0 Å². The highest BCUT2D eigenvalue weighted by atomic mass is 16.5. The number of rotatable bonds is 17. The Morgan fingerprint density at radius 1 is 0.913 bits per heavy atom. The van der Waals surface area contributed by atoms with Gasteiger partial charge in [-0.3, -0.25) is 0 Å². The van der Waals surface area contributed by atoms with Crippen molar-refractivity contribution in [2.75, 3.05) is 13.7 Å². The Labute approximate surface area is 146 Å². The Kier molecular flexibility index (Phi) is 17.5. The third kappa shape index (κ3) is 14.8. The van der Waals surface area contributed by atoms with E-state index in [4.69, 9.17) is 9.47 Å². The van der Waals surface area contributed by atoms with Gasteiger partial charge in [0, 0.05) is 13.0 Å². The normalized spacial score (nSPS) is 13.3. The summed E-state index contributed by atoms with van der Waals surface area (Å²) in [6.07, 6.45) is 19.2. The molecule has 0 heterocycles. The molecule has 2 heteroatoms. The molecule has 0 aliphatic rings. The smallest absolute Gasteiger partial charge is 0.0938 e. The molecule has 2 nitrogen and oxygen atoms in total. The number of hydrogen-bond donors (Lipinski definition) is 0. The molecule has 0 bridgehead atoms. The monoisotopic (exact) mass is 325 g/mol. The molecular weight excluding hydrogens is 284 g/mol. The summed E-state index contributed by atoms with van der Waals surface area (Å²) in [6, 6.07) is 0. The van der Waals surface area contributed by atoms with Gasteiger partial charge in [-0.15, -0.1) is 0 Å². The Morgan fingerprint density at radius 3 is 1.87 bits per heavy atom. The molecule has 0 saturated carbocycles. The van der Waals surface area contributed by atoms with E-state index in [9.17, 15) is 0 Å². The number of ether oxygens (including phenoxy) is 2. The van der Waals surface area contributed by atoms with Gasteiger partial charge in [0.1, 0.15) is 0 Å². The second-order valence-corrected chi connectivity index (χ2v) is 6.42. The van der Waals surface area contributed by atoms with Gasteiger partial charge in [0.25, 0.3) is 0 Å². The molecule has 1 unspecified atom stereocenters. The summed E-state index contributed by atoms with van der Waals surface area (Å²) in [7, 11) is 1.75. The number of allylic oxidation sites excluding steroid dienone is 1. The van der Waals surface area contributed by atoms with Crippen molar-refractivity contribution in [3.05, 3.63) is 18.8 Å². The summed E-state index contributed by atoms with van der Waals surface area (Å²) in [5, 5.41) is 0. The van der Waals surface area contributed by atoms with Crippen LogP contribution < -0.4 is 0 Å². The summed E-state index contributed by atoms with van der Waals surface area (Å²) in [5.41, 5.74) is 0. The topological polar surface area (TPSA) is 18.5 Å². The zero-order chi connectivity index (χ0) is 17.2. The fourth-order valence-electron chi connectivity index (χ4n) is 2.99. The van der Waals surface area contributed by atoms with Gasteiger partial charge < -0.3 is 9.47 Å². The third-order valence-corrected chi connectivity index (χ3v) is 4.44. The second-order valence-electron chi connectivity index (χ2n) is 6.42. The van der Waals surface area contributed by atoms with Crippen LogP contribution in [0.4, 0.5) is 0 Å². The highest BCUT2D eigenvalue weighted by Gasteiger charge is 2.11. The van der Waals surface area contributed by atoms with E-state index in [1.807, 2.05) is 13.0 Å². The standard InChI is InChI=1S/C21H41O2/c1-5-8-9-10-11-12-13-14-15-16-17-18-21(23-7-3)19-20(6-2)22-4/h6,21H,1,5,7-19H2,2-4H3. The first-order valence-corrected chi connectivity index (χ1v) is 9.88. The molecule has 0 fully saturated rings. The van der Waals surface area contributed by atoms with E-state index in [0.717, 1.165) is 31.6 Å². The molecule has 0 spiro atoms. The Bertz CT molecular complexity index is 261. The lowest BCUT2D eigenvalue weighted by molar-refractivity contribution is 0.0451. The fraction of sp³-hybridized carbons (Fsp3) is 0.857. The summed E-state index contributed by atoms with van der Waals surface area (Å²) < 4.78 is 11.2. The average molecular weight is 326 g/mol. The fourth-order valence-corrected chi connectivity index (χ4v) is 2.99. The minimum absolute atomic E-state index is 0.319. The van der Waals surface area contributed by atoms with E-state index in [2.05, 4.69) is 13.8 Å². The summed E-state index contributed by atoms with van der Waals surface area (Å²) in [5.74, 6) is 1.04. The minimum atomic E-state index is 0.319. The van der Waals surface area contributed by atoms with Crippen molar-refractivity contribution in [1.29, 1.82) is 0 Å². The van der Waals surface area contributed by atoms with Crippen molar-refractivity contribution >= 4 is 0 Å². The van der Waals surface area contributed by atoms with Gasteiger partial charge in [-0.05, 0) is 26.3 Å². The van der Waals surface area contributed by atoms with Crippen LogP contribution in [0.25, 0.3) is 0 Å². The van der Waals surface area contributed by atoms with Gasteiger partial charge in [0.2, 0.25) is 0 Å². The van der Waals surface area contributed by atoms with Crippen LogP contribution >= 0.6 is 0 Å². The van der Waals surface area contributed by atoms with Crippen LogP contribution in [-0.4, -0.2) is 19.8 Å². The highest BCUT2D eigenvalue weighted by Crippen LogP contribution is 2.17. The maximum atomic E-state index is 5.84. The van der Waals surface area contributed by atoms with Crippen LogP contribution in [0.15, 0.2) is 11.8 Å². The molecule has 0 aliphatic heterocycles. The second kappa shape index (κ2) is 17.8. The first kappa shape index (κ1) is 22.5. The van der Waals surface area contributed by atoms with Gasteiger partial charge in [0.05, 0.1) is 19.0 Å². The van der Waals surface area contributed by atoms with Gasteiger partial charge in [-0.1, -0.05) is 77.6 Å². The average Bonchev–Trinajstić information content (AvgIpc) is 2.57. The van der Waals surface area contributed by atoms with Crippen molar-refractivity contribution in [3.63, 3.8) is 0 Å². The predicted molar refractivity (Wildman–Crippen MR) is 102 cm³/mol. The summed E-state index contributed by atoms with van der Waals surface area (Å²) in [4.78, 5) is 0. The molecule has 0 aromatic carbocycles. The quantitative estimate of drug-likeness (QED) is 0.215. The number of hydrogen-bond acceptors (Lipinski definition) is 2. The highest BCUT2D eigenvalue weighted by molar-refractivity contribution is 4.92. The van der Waals surface area contributed by atoms with Gasteiger partial charge >= 0.3 is 0 Å². The zero-order valence-electron chi connectivity index (χ0n) is 16.1. The molecule has 0 amide bonds. The van der Waals surface area contributed by atoms with E-state index in [0.29, 0.717) is 6.10 Å². The Morgan fingerprint density at radius 2 is 1.43 bits per heavy atom. The number of unbranched alkanes of at least 4 members (excludes halogenated alkanes) is 10. The molecule has 0 aromatic rings. The largest absolute Gasteiger partial charge is 0.501 e. The van der Waals surface area contributed by atoms with Gasteiger partial charge in [0.15, 0.2) is 0 Å². The van der Waals surface area contributed by atoms with Crippen molar-refractivity contribution < 1.29 is 9.47 Å². The lowest BCUT2D eigenvalue weighted by Gasteiger charge is -2.18. The third-order valence-electron chi connectivity index (χ3n) is 4.44. The molecule has 137 valence electrons. The van der Waals surface area contributed by atoms with Crippen molar-refractivity contribution in [3.8, 4) is 0 Å². The van der Waals surface area contributed by atoms with E-state index in [1.165, 1.54) is 64.2 Å². The molecule has 0 rings (SSSR count). The SMILES string of the molecule is [CH2]CCCCCCCCCCCCC(CC(=CC)OC)OCC. The van der Waals surface area contributed by atoms with Gasteiger partial charge in [-0.2, -0.15) is 0 Å². The van der Waals surface area contributed by atoms with Crippen LogP contribution in [0.1, 0.15) is 97.3 Å². The van der Waals surface area contributed by atoms with Crippen LogP contribution in [0.2, 0.25) is 0 Å². The predicted octanol–water partition coefficient (Wildman–Crippen LogP) is 6.85. The molecule has 0 N–H and O–H groups in total. The lowest BCUT2D eigenvalue weighted by atomic mass is 10.0. The van der Waals surface area contributed by atoms with Crippen LogP contribution in [0.3, 0.4) is 0 Å². The van der Waals surface area contributed by atoms with E-state index in [1.54, 1.807) is 7.11 Å². The first-order chi connectivity index (χ1) is 11.3. The molecule has 0 aliphatic carbocycles. The van der Waals surface area contributed by atoms with Crippen molar-refractivity contribution in [1.82, 2.24) is 0 Å². The van der Waals surface area contributed by atoms with E-state index >= 15 is 0 Å². The van der Waals surface area contributed by atoms with Crippen LogP contribution in [-0.2, 0) is 9.47 Å². The zero-order valence-corrected chi connectivity index (χ0v) is 16.1. The van der Waals surface area contributed by atoms with Crippen LogP contribution in [0, 0.1) is 6.92 Å². The molecule has 1 radical (unpaired) electrons. The molecule has 0 saturated heterocycles. The van der Waals surface area contributed by atoms with Crippen molar-refractivity contribution in [2.24, 2.45) is 0 Å². The molecule has 0 aromatic heterocycles. The molecular formula is C21H41O2. The van der Waals surface area contributed by atoms with Crippen LogP contribution in [0.5, 0.6) is 0 Å². The Balaban J connectivity index is 3.52. The number of methoxy groups -OCH3 is 1. The maximum Gasteiger partial charge on any atom is 0.0938 e. The summed E-state index contributed by atoms with van der Waals surface area (Å²) in [6.45, 7) is 8.79. The maximum absolute atomic E-state index is 5.84. The minimum Gasteiger partial charge on any atom is -0.501 e. The molecule has 23 heavy (non-hydrogen) atoms. The lowest BCUT2D eigenvalue weighted by Crippen LogP contribution is -2.14. The molecule has 1 atom stereocenters. The first-order valence-electron chi connectivity index (χ1n) is 9.88. The summed E-state index contributed by atoms with van der Waals surface area (Å²) >= 11 is 0. The van der Waals surface area contributed by atoms with Gasteiger partial charge in [-0.25, -0.2) is 0 Å². The van der Waals surface area contributed by atoms with Crippen molar-refractivity contribution in [2.45, 2.75) is 103 Å². The van der Waals surface area contributed by atoms with E-state index in [-0.39, 0.29) is 0 Å². The Hall–Kier alpha value is -0.500.